The molecule has 1 rings (SSSR count). The van der Waals surface area contributed by atoms with E-state index in [0.29, 0.717) is 19.6 Å². The van der Waals surface area contributed by atoms with E-state index in [1.165, 1.54) is 0 Å². The van der Waals surface area contributed by atoms with Crippen molar-refractivity contribution in [2.24, 2.45) is 5.73 Å². The molecule has 3 unspecified atom stereocenters. The molecule has 1 aliphatic heterocycles. The Hall–Kier alpha value is -0.650. The summed E-state index contributed by atoms with van der Waals surface area (Å²) in [5.74, 6) is -0.135. The first kappa shape index (κ1) is 14.4. The van der Waals surface area contributed by atoms with Crippen molar-refractivity contribution in [2.45, 2.75) is 45.4 Å². The molecule has 0 amide bonds. The summed E-state index contributed by atoms with van der Waals surface area (Å²) >= 11 is 0. The van der Waals surface area contributed by atoms with E-state index in [1.807, 2.05) is 20.8 Å². The summed E-state index contributed by atoms with van der Waals surface area (Å²) in [6.45, 7) is 8.58. The highest BCUT2D eigenvalue weighted by Crippen LogP contribution is 2.13. The van der Waals surface area contributed by atoms with Crippen LogP contribution in [0.2, 0.25) is 0 Å². The lowest BCUT2D eigenvalue weighted by molar-refractivity contribution is -0.145. The average molecular weight is 244 g/mol. The van der Waals surface area contributed by atoms with Crippen LogP contribution in [0.1, 0.15) is 27.2 Å². The number of hydrogen-bond acceptors (Lipinski definition) is 5. The molecule has 0 aromatic rings. The van der Waals surface area contributed by atoms with E-state index < -0.39 is 0 Å². The second-order valence-electron chi connectivity index (χ2n) is 4.62. The van der Waals surface area contributed by atoms with Gasteiger partial charge in [-0.05, 0) is 20.8 Å². The maximum atomic E-state index is 11.4. The Morgan fingerprint density at radius 2 is 2.29 bits per heavy atom. The van der Waals surface area contributed by atoms with Crippen LogP contribution in [0, 0.1) is 0 Å². The van der Waals surface area contributed by atoms with E-state index in [0.717, 1.165) is 13.1 Å². The van der Waals surface area contributed by atoms with Crippen LogP contribution in [0.5, 0.6) is 0 Å². The Balaban J connectivity index is 2.40. The summed E-state index contributed by atoms with van der Waals surface area (Å²) in [5.41, 5.74) is 5.84. The van der Waals surface area contributed by atoms with Gasteiger partial charge in [-0.25, -0.2) is 0 Å². The van der Waals surface area contributed by atoms with E-state index in [-0.39, 0.29) is 24.2 Å². The Bertz CT molecular complexity index is 246. The number of esters is 1. The number of ether oxygens (including phenoxy) is 2. The topological polar surface area (TPSA) is 64.8 Å². The Morgan fingerprint density at radius 1 is 1.59 bits per heavy atom. The quantitative estimate of drug-likeness (QED) is 0.708. The molecule has 1 fully saturated rings. The van der Waals surface area contributed by atoms with Gasteiger partial charge in [0.2, 0.25) is 0 Å². The van der Waals surface area contributed by atoms with Crippen molar-refractivity contribution in [3.63, 3.8) is 0 Å². The largest absolute Gasteiger partial charge is 0.466 e. The highest BCUT2D eigenvalue weighted by molar-refractivity contribution is 5.70. The van der Waals surface area contributed by atoms with Gasteiger partial charge in [-0.2, -0.15) is 0 Å². The van der Waals surface area contributed by atoms with Crippen molar-refractivity contribution >= 4 is 5.97 Å². The summed E-state index contributed by atoms with van der Waals surface area (Å²) in [7, 11) is 0. The summed E-state index contributed by atoms with van der Waals surface area (Å²) in [6, 6.07) is 0.201. The van der Waals surface area contributed by atoms with E-state index in [1.54, 1.807) is 0 Å². The van der Waals surface area contributed by atoms with Crippen LogP contribution in [0.3, 0.4) is 0 Å². The molecule has 0 spiro atoms. The van der Waals surface area contributed by atoms with Gasteiger partial charge >= 0.3 is 5.97 Å². The molecule has 5 nitrogen and oxygen atoms in total. The number of hydrogen-bond donors (Lipinski definition) is 1. The predicted molar refractivity (Wildman–Crippen MR) is 65.7 cm³/mol. The minimum Gasteiger partial charge on any atom is -0.466 e. The molecule has 0 saturated carbocycles. The van der Waals surface area contributed by atoms with E-state index in [9.17, 15) is 4.79 Å². The fraction of sp³-hybridized carbons (Fsp3) is 0.917. The minimum atomic E-state index is -0.135. The number of morpholine rings is 1. The third-order valence-electron chi connectivity index (χ3n) is 3.10. The Labute approximate surface area is 103 Å². The number of rotatable bonds is 5. The number of carbonyl (C=O) groups excluding carboxylic acids is 1. The zero-order valence-corrected chi connectivity index (χ0v) is 11.0. The van der Waals surface area contributed by atoms with Gasteiger partial charge in [0.1, 0.15) is 0 Å². The van der Waals surface area contributed by atoms with E-state index >= 15 is 0 Å². The standard InChI is InChI=1S/C12H24N2O3/c1-4-16-12(15)7-9(2)14-5-6-17-11(8-14)10(3)13/h9-11H,4-8,13H2,1-3H3. The Morgan fingerprint density at radius 3 is 2.88 bits per heavy atom. The zero-order chi connectivity index (χ0) is 12.8. The predicted octanol–water partition coefficient (Wildman–Crippen LogP) is 0.376. The molecule has 0 bridgehead atoms. The van der Waals surface area contributed by atoms with Crippen molar-refractivity contribution in [1.82, 2.24) is 4.90 Å². The molecule has 2 N–H and O–H groups in total. The maximum absolute atomic E-state index is 11.4. The second-order valence-corrected chi connectivity index (χ2v) is 4.62. The molecule has 0 aromatic heterocycles. The van der Waals surface area contributed by atoms with Gasteiger partial charge in [-0.1, -0.05) is 0 Å². The zero-order valence-electron chi connectivity index (χ0n) is 11.0. The molecule has 5 heteroatoms. The number of nitrogens with two attached hydrogens (primary N) is 1. The van der Waals surface area contributed by atoms with Crippen LogP contribution < -0.4 is 5.73 Å². The van der Waals surface area contributed by atoms with Gasteiger partial charge in [0, 0.05) is 25.2 Å². The molecule has 1 aliphatic rings. The van der Waals surface area contributed by atoms with Gasteiger partial charge < -0.3 is 15.2 Å². The number of carbonyl (C=O) groups is 1. The van der Waals surface area contributed by atoms with Crippen LogP contribution in [0.25, 0.3) is 0 Å². The van der Waals surface area contributed by atoms with Gasteiger partial charge in [-0.15, -0.1) is 0 Å². The lowest BCUT2D eigenvalue weighted by Gasteiger charge is -2.37. The van der Waals surface area contributed by atoms with Crippen LogP contribution in [0.15, 0.2) is 0 Å². The summed E-state index contributed by atoms with van der Waals surface area (Å²) in [4.78, 5) is 13.7. The average Bonchev–Trinajstić information content (AvgIpc) is 2.29. The minimum absolute atomic E-state index is 0.0209. The molecule has 1 saturated heterocycles. The van der Waals surface area contributed by atoms with E-state index in [4.69, 9.17) is 15.2 Å². The third-order valence-corrected chi connectivity index (χ3v) is 3.10. The van der Waals surface area contributed by atoms with Gasteiger partial charge in [0.15, 0.2) is 0 Å². The molecular weight excluding hydrogens is 220 g/mol. The van der Waals surface area contributed by atoms with Crippen LogP contribution >= 0.6 is 0 Å². The molecule has 17 heavy (non-hydrogen) atoms. The van der Waals surface area contributed by atoms with Gasteiger partial charge in [0.25, 0.3) is 0 Å². The monoisotopic (exact) mass is 244 g/mol. The molecule has 1 heterocycles. The van der Waals surface area contributed by atoms with Crippen LogP contribution in [0.4, 0.5) is 0 Å². The third kappa shape index (κ3) is 4.61. The molecule has 0 radical (unpaired) electrons. The SMILES string of the molecule is CCOC(=O)CC(C)N1CCOC(C(C)N)C1. The van der Waals surface area contributed by atoms with E-state index in [2.05, 4.69) is 4.90 Å². The van der Waals surface area contributed by atoms with Crippen molar-refractivity contribution in [2.75, 3.05) is 26.3 Å². The van der Waals surface area contributed by atoms with Crippen molar-refractivity contribution < 1.29 is 14.3 Å². The molecule has 3 atom stereocenters. The van der Waals surface area contributed by atoms with Crippen LogP contribution in [-0.2, 0) is 14.3 Å². The molecular formula is C12H24N2O3. The highest BCUT2D eigenvalue weighted by Gasteiger charge is 2.27. The van der Waals surface area contributed by atoms with Crippen molar-refractivity contribution in [3.05, 3.63) is 0 Å². The molecule has 100 valence electrons. The normalized spacial score (nSPS) is 25.3. The first-order valence-corrected chi connectivity index (χ1v) is 6.31. The summed E-state index contributed by atoms with van der Waals surface area (Å²) in [6.07, 6.45) is 0.493. The lowest BCUT2D eigenvalue weighted by atomic mass is 10.1. The van der Waals surface area contributed by atoms with Gasteiger partial charge in [-0.3, -0.25) is 9.69 Å². The van der Waals surface area contributed by atoms with Crippen LogP contribution in [-0.4, -0.2) is 55.4 Å². The smallest absolute Gasteiger partial charge is 0.307 e. The maximum Gasteiger partial charge on any atom is 0.307 e. The first-order valence-electron chi connectivity index (χ1n) is 6.31. The Kier molecular flexibility index (Phi) is 5.88. The van der Waals surface area contributed by atoms with Crippen molar-refractivity contribution in [3.8, 4) is 0 Å². The fourth-order valence-corrected chi connectivity index (χ4v) is 2.01. The summed E-state index contributed by atoms with van der Waals surface area (Å²) in [5, 5.41) is 0. The summed E-state index contributed by atoms with van der Waals surface area (Å²) < 4.78 is 10.5. The fourth-order valence-electron chi connectivity index (χ4n) is 2.01. The molecule has 0 aliphatic carbocycles. The van der Waals surface area contributed by atoms with Gasteiger partial charge in [0.05, 0.1) is 25.7 Å². The lowest BCUT2D eigenvalue weighted by Crippen LogP contribution is -2.52. The first-order chi connectivity index (χ1) is 8.04. The number of nitrogens with zero attached hydrogens (tertiary/aromatic N) is 1. The second kappa shape index (κ2) is 6.93. The highest BCUT2D eigenvalue weighted by atomic mass is 16.5. The molecule has 0 aromatic carbocycles. The van der Waals surface area contributed by atoms with Crippen molar-refractivity contribution in [1.29, 1.82) is 0 Å².